The van der Waals surface area contributed by atoms with Crippen LogP contribution in [0.3, 0.4) is 0 Å². The highest BCUT2D eigenvalue weighted by molar-refractivity contribution is 5.80. The first-order valence-corrected chi connectivity index (χ1v) is 9.51. The Morgan fingerprint density at radius 2 is 2.23 bits per heavy atom. The molecule has 2 heterocycles. The number of rotatable bonds is 5. The van der Waals surface area contributed by atoms with Gasteiger partial charge in [0.05, 0.1) is 17.9 Å². The summed E-state index contributed by atoms with van der Waals surface area (Å²) in [5, 5.41) is 15.7. The van der Waals surface area contributed by atoms with Gasteiger partial charge in [0.15, 0.2) is 5.96 Å². The van der Waals surface area contributed by atoms with Crippen molar-refractivity contribution < 1.29 is 4.52 Å². The monoisotopic (exact) mass is 358 g/mol. The largest absolute Gasteiger partial charge is 0.361 e. The number of aryl methyl sites for hydroxylation is 3. The zero-order chi connectivity index (χ0) is 18.7. The van der Waals surface area contributed by atoms with Crippen LogP contribution in [0.4, 0.5) is 0 Å². The number of aliphatic imine (C=N–C) groups is 1. The lowest BCUT2D eigenvalue weighted by atomic mass is 9.94. The minimum absolute atomic E-state index is 0.348. The molecule has 1 aliphatic rings. The van der Waals surface area contributed by atoms with E-state index >= 15 is 0 Å². The molecule has 0 amide bonds. The molecule has 142 valence electrons. The third kappa shape index (κ3) is 4.08. The summed E-state index contributed by atoms with van der Waals surface area (Å²) in [6, 6.07) is 0.751. The summed E-state index contributed by atoms with van der Waals surface area (Å²) in [6.45, 7) is 11.7. The fourth-order valence-corrected chi connectivity index (χ4v) is 3.30. The molecule has 1 atom stereocenters. The highest BCUT2D eigenvalue weighted by Crippen LogP contribution is 2.22. The lowest BCUT2D eigenvalue weighted by Gasteiger charge is -2.24. The van der Waals surface area contributed by atoms with Gasteiger partial charge >= 0.3 is 0 Å². The summed E-state index contributed by atoms with van der Waals surface area (Å²) in [5.41, 5.74) is 4.56. The molecule has 1 unspecified atom stereocenters. The van der Waals surface area contributed by atoms with Gasteiger partial charge in [-0.05, 0) is 53.0 Å². The molecule has 0 aliphatic heterocycles. The van der Waals surface area contributed by atoms with E-state index in [4.69, 9.17) is 14.6 Å². The van der Waals surface area contributed by atoms with Gasteiger partial charge in [-0.2, -0.15) is 5.10 Å². The molecule has 2 aromatic rings. The Kier molecular flexibility index (Phi) is 5.64. The first kappa shape index (κ1) is 18.5. The van der Waals surface area contributed by atoms with Crippen LogP contribution in [-0.2, 0) is 19.4 Å². The summed E-state index contributed by atoms with van der Waals surface area (Å²) in [5.74, 6) is 1.67. The van der Waals surface area contributed by atoms with E-state index in [1.165, 1.54) is 11.3 Å². The smallest absolute Gasteiger partial charge is 0.191 e. The Labute approximate surface area is 155 Å². The minimum atomic E-state index is 0.348. The fraction of sp³-hybridized carbons (Fsp3) is 0.632. The molecule has 0 spiro atoms. The third-order valence-electron chi connectivity index (χ3n) is 4.89. The van der Waals surface area contributed by atoms with E-state index in [1.54, 1.807) is 0 Å². The quantitative estimate of drug-likeness (QED) is 0.634. The van der Waals surface area contributed by atoms with Crippen molar-refractivity contribution in [2.24, 2.45) is 4.99 Å². The van der Waals surface area contributed by atoms with E-state index < -0.39 is 0 Å². The van der Waals surface area contributed by atoms with E-state index in [2.05, 4.69) is 47.4 Å². The van der Waals surface area contributed by atoms with Crippen molar-refractivity contribution in [1.29, 1.82) is 0 Å². The highest BCUT2D eigenvalue weighted by Gasteiger charge is 2.23. The molecule has 0 bridgehead atoms. The maximum atomic E-state index is 5.23. The molecular formula is C19H30N6O. The Bertz CT molecular complexity index is 754. The molecular weight excluding hydrogens is 328 g/mol. The lowest BCUT2D eigenvalue weighted by Crippen LogP contribution is -2.45. The summed E-state index contributed by atoms with van der Waals surface area (Å²) in [7, 11) is 0. The van der Waals surface area contributed by atoms with Gasteiger partial charge in [-0.3, -0.25) is 4.68 Å². The van der Waals surface area contributed by atoms with Gasteiger partial charge in [-0.15, -0.1) is 0 Å². The van der Waals surface area contributed by atoms with Gasteiger partial charge in [0.25, 0.3) is 0 Å². The van der Waals surface area contributed by atoms with Crippen molar-refractivity contribution in [3.05, 3.63) is 34.5 Å². The molecule has 0 saturated carbocycles. The number of guanidine groups is 1. The van der Waals surface area contributed by atoms with Crippen molar-refractivity contribution in [3.8, 4) is 0 Å². The Hall–Kier alpha value is -2.31. The van der Waals surface area contributed by atoms with Gasteiger partial charge in [-0.1, -0.05) is 5.16 Å². The maximum absolute atomic E-state index is 5.23. The normalized spacial score (nSPS) is 17.5. The summed E-state index contributed by atoms with van der Waals surface area (Å²) >= 11 is 0. The van der Waals surface area contributed by atoms with E-state index in [0.717, 1.165) is 48.8 Å². The fourth-order valence-electron chi connectivity index (χ4n) is 3.30. The van der Waals surface area contributed by atoms with Crippen LogP contribution in [0.15, 0.2) is 15.7 Å². The third-order valence-corrected chi connectivity index (χ3v) is 4.89. The average Bonchev–Trinajstić information content (AvgIpc) is 3.16. The van der Waals surface area contributed by atoms with Crippen molar-refractivity contribution in [2.45, 2.75) is 72.5 Å². The maximum Gasteiger partial charge on any atom is 0.191 e. The van der Waals surface area contributed by atoms with Crippen LogP contribution in [0.1, 0.15) is 61.5 Å². The van der Waals surface area contributed by atoms with Crippen LogP contribution in [0, 0.1) is 13.8 Å². The number of aromatic nitrogens is 3. The van der Waals surface area contributed by atoms with Crippen LogP contribution in [-0.4, -0.2) is 33.5 Å². The topological polar surface area (TPSA) is 80.3 Å². The number of hydrogen-bond donors (Lipinski definition) is 2. The summed E-state index contributed by atoms with van der Waals surface area (Å²) in [6.07, 6.45) is 5.28. The number of nitrogens with one attached hydrogen (secondary N) is 2. The summed E-state index contributed by atoms with van der Waals surface area (Å²) < 4.78 is 7.30. The second-order valence-corrected chi connectivity index (χ2v) is 7.26. The minimum Gasteiger partial charge on any atom is -0.361 e. The molecule has 7 nitrogen and oxygen atoms in total. The average molecular weight is 358 g/mol. The lowest BCUT2D eigenvalue weighted by molar-refractivity contribution is 0.392. The zero-order valence-electron chi connectivity index (χ0n) is 16.5. The Morgan fingerprint density at radius 3 is 2.88 bits per heavy atom. The molecule has 0 fully saturated rings. The number of fused-ring (bicyclic) bond motifs is 1. The molecule has 2 N–H and O–H groups in total. The molecule has 0 saturated heterocycles. The highest BCUT2D eigenvalue weighted by atomic mass is 16.5. The second-order valence-electron chi connectivity index (χ2n) is 7.26. The molecule has 2 aromatic heterocycles. The van der Waals surface area contributed by atoms with Gasteiger partial charge in [0.2, 0.25) is 0 Å². The van der Waals surface area contributed by atoms with Crippen molar-refractivity contribution >= 4 is 5.96 Å². The van der Waals surface area contributed by atoms with E-state index in [1.807, 2.05) is 13.8 Å². The van der Waals surface area contributed by atoms with Crippen molar-refractivity contribution in [2.75, 3.05) is 6.54 Å². The second kappa shape index (κ2) is 7.93. The standard InChI is InChI=1S/C19H30N6O/c1-6-20-19(21-10-17-13(4)24-26-14(17)5)22-16-8-7-15-11-25(12(2)3)23-18(15)9-16/h11-12,16H,6-10H2,1-5H3,(H2,20,21,22). The number of hydrogen-bond acceptors (Lipinski definition) is 4. The van der Waals surface area contributed by atoms with E-state index in [0.29, 0.717) is 18.6 Å². The van der Waals surface area contributed by atoms with Gasteiger partial charge in [0.1, 0.15) is 5.76 Å². The zero-order valence-corrected chi connectivity index (χ0v) is 16.5. The van der Waals surface area contributed by atoms with Gasteiger partial charge in [-0.25, -0.2) is 4.99 Å². The van der Waals surface area contributed by atoms with Crippen LogP contribution in [0.25, 0.3) is 0 Å². The first-order chi connectivity index (χ1) is 12.5. The predicted octanol–water partition coefficient (Wildman–Crippen LogP) is 2.68. The number of nitrogens with zero attached hydrogens (tertiary/aromatic N) is 4. The van der Waals surface area contributed by atoms with Crippen LogP contribution in [0.5, 0.6) is 0 Å². The Morgan fingerprint density at radius 1 is 1.42 bits per heavy atom. The molecule has 0 radical (unpaired) electrons. The van der Waals surface area contributed by atoms with Crippen molar-refractivity contribution in [3.63, 3.8) is 0 Å². The predicted molar refractivity (Wildman–Crippen MR) is 102 cm³/mol. The van der Waals surface area contributed by atoms with Crippen LogP contribution in [0.2, 0.25) is 0 Å². The molecule has 1 aliphatic carbocycles. The van der Waals surface area contributed by atoms with Gasteiger partial charge < -0.3 is 15.2 Å². The van der Waals surface area contributed by atoms with Gasteiger partial charge in [0, 0.05) is 36.8 Å². The molecule has 7 heteroatoms. The molecule has 0 aromatic carbocycles. The first-order valence-electron chi connectivity index (χ1n) is 9.51. The molecule has 26 heavy (non-hydrogen) atoms. The van der Waals surface area contributed by atoms with Crippen LogP contribution < -0.4 is 10.6 Å². The van der Waals surface area contributed by atoms with Crippen LogP contribution >= 0.6 is 0 Å². The van der Waals surface area contributed by atoms with E-state index in [-0.39, 0.29) is 0 Å². The van der Waals surface area contributed by atoms with E-state index in [9.17, 15) is 0 Å². The molecule has 3 rings (SSSR count). The Balaban J connectivity index is 1.67. The van der Waals surface area contributed by atoms with Crippen molar-refractivity contribution in [1.82, 2.24) is 25.6 Å². The SMILES string of the molecule is CCNC(=NCc1c(C)noc1C)NC1CCc2cn(C(C)C)nc2C1. The summed E-state index contributed by atoms with van der Waals surface area (Å²) in [4.78, 5) is 4.73.